The van der Waals surface area contributed by atoms with Crippen LogP contribution in [0, 0.1) is 0 Å². The van der Waals surface area contributed by atoms with E-state index in [4.69, 9.17) is 9.15 Å². The summed E-state index contributed by atoms with van der Waals surface area (Å²) in [7, 11) is 1.64. The van der Waals surface area contributed by atoms with Gasteiger partial charge in [0.25, 0.3) is 5.91 Å². The molecule has 1 heterocycles. The molecule has 0 atom stereocenters. The lowest BCUT2D eigenvalue weighted by Crippen LogP contribution is -2.25. The summed E-state index contributed by atoms with van der Waals surface area (Å²) >= 11 is 0. The molecule has 0 bridgehead atoms. The quantitative estimate of drug-likeness (QED) is 0.576. The largest absolute Gasteiger partial charge is 0.497 e. The minimum atomic E-state index is -0.196. The lowest BCUT2D eigenvalue weighted by Gasteiger charge is -2.04. The number of amides is 1. The van der Waals surface area contributed by atoms with Gasteiger partial charge in [-0.15, -0.1) is 0 Å². The Bertz CT molecular complexity index is 1060. The van der Waals surface area contributed by atoms with Crippen molar-refractivity contribution in [1.82, 2.24) is 5.32 Å². The van der Waals surface area contributed by atoms with E-state index < -0.39 is 0 Å². The number of ether oxygens (including phenoxy) is 1. The Balaban J connectivity index is 1.46. The zero-order valence-electron chi connectivity index (χ0n) is 14.5. The van der Waals surface area contributed by atoms with E-state index in [2.05, 4.69) is 11.4 Å². The Morgan fingerprint density at radius 3 is 2.62 bits per heavy atom. The average Bonchev–Trinajstić information content (AvgIpc) is 3.13. The van der Waals surface area contributed by atoms with Crippen LogP contribution in [0.2, 0.25) is 0 Å². The minimum absolute atomic E-state index is 0.196. The fourth-order valence-corrected chi connectivity index (χ4v) is 3.10. The number of carbonyl (C=O) groups excluding carboxylic acids is 1. The molecule has 0 radical (unpaired) electrons. The van der Waals surface area contributed by atoms with Gasteiger partial charge in [-0.25, -0.2) is 0 Å². The molecule has 0 saturated carbocycles. The maximum Gasteiger partial charge on any atom is 0.287 e. The molecule has 1 amide bonds. The van der Waals surface area contributed by atoms with Crippen molar-refractivity contribution < 1.29 is 13.9 Å². The van der Waals surface area contributed by atoms with Crippen molar-refractivity contribution in [2.45, 2.75) is 6.42 Å². The van der Waals surface area contributed by atoms with Crippen LogP contribution < -0.4 is 10.1 Å². The van der Waals surface area contributed by atoms with Crippen molar-refractivity contribution in [3.8, 4) is 5.75 Å². The molecule has 0 aliphatic carbocycles. The van der Waals surface area contributed by atoms with Gasteiger partial charge in [-0.1, -0.05) is 42.5 Å². The van der Waals surface area contributed by atoms with Gasteiger partial charge in [-0.2, -0.15) is 0 Å². The molecule has 4 nitrogen and oxygen atoms in total. The molecule has 0 fully saturated rings. The number of rotatable bonds is 5. The van der Waals surface area contributed by atoms with Gasteiger partial charge in [-0.05, 0) is 47.0 Å². The highest BCUT2D eigenvalue weighted by atomic mass is 16.5. The van der Waals surface area contributed by atoms with Crippen molar-refractivity contribution in [2.24, 2.45) is 0 Å². The highest BCUT2D eigenvalue weighted by Gasteiger charge is 2.13. The van der Waals surface area contributed by atoms with Crippen molar-refractivity contribution in [2.75, 3.05) is 13.7 Å². The Morgan fingerprint density at radius 2 is 1.81 bits per heavy atom. The first-order valence-electron chi connectivity index (χ1n) is 8.57. The van der Waals surface area contributed by atoms with Crippen molar-refractivity contribution in [3.05, 3.63) is 78.1 Å². The van der Waals surface area contributed by atoms with Gasteiger partial charge in [-0.3, -0.25) is 4.79 Å². The summed E-state index contributed by atoms with van der Waals surface area (Å²) in [6.07, 6.45) is 0.749. The van der Waals surface area contributed by atoms with Crippen LogP contribution in [0.15, 0.2) is 71.1 Å². The van der Waals surface area contributed by atoms with Crippen LogP contribution >= 0.6 is 0 Å². The molecule has 1 aromatic heterocycles. The van der Waals surface area contributed by atoms with Crippen LogP contribution in [-0.2, 0) is 6.42 Å². The van der Waals surface area contributed by atoms with Gasteiger partial charge >= 0.3 is 0 Å². The zero-order chi connectivity index (χ0) is 17.9. The molecule has 1 N–H and O–H groups in total. The van der Waals surface area contributed by atoms with Gasteiger partial charge < -0.3 is 14.5 Å². The number of hydrogen-bond donors (Lipinski definition) is 1. The van der Waals surface area contributed by atoms with Crippen LogP contribution in [0.5, 0.6) is 5.75 Å². The van der Waals surface area contributed by atoms with Crippen molar-refractivity contribution in [1.29, 1.82) is 0 Å². The fraction of sp³-hybridized carbons (Fsp3) is 0.136. The van der Waals surface area contributed by atoms with Gasteiger partial charge in [0.05, 0.1) is 7.11 Å². The zero-order valence-corrected chi connectivity index (χ0v) is 14.5. The molecule has 0 unspecified atom stereocenters. The van der Waals surface area contributed by atoms with E-state index in [-0.39, 0.29) is 5.91 Å². The van der Waals surface area contributed by atoms with E-state index in [1.807, 2.05) is 60.7 Å². The first kappa shape index (κ1) is 16.2. The SMILES string of the molecule is COc1ccc(CCNC(=O)c2cc3c(ccc4ccccc43)o2)cc1. The second kappa shape index (κ2) is 6.92. The average molecular weight is 345 g/mol. The van der Waals surface area contributed by atoms with E-state index in [1.54, 1.807) is 7.11 Å². The number of hydrogen-bond acceptors (Lipinski definition) is 3. The predicted octanol–water partition coefficient (Wildman–Crippen LogP) is 4.57. The number of methoxy groups -OCH3 is 1. The molecular formula is C22H19NO3. The summed E-state index contributed by atoms with van der Waals surface area (Å²) in [5.74, 6) is 0.970. The fourth-order valence-electron chi connectivity index (χ4n) is 3.10. The Hall–Kier alpha value is -3.27. The first-order chi connectivity index (χ1) is 12.7. The number of nitrogens with one attached hydrogen (secondary N) is 1. The summed E-state index contributed by atoms with van der Waals surface area (Å²) in [6, 6.07) is 21.7. The van der Waals surface area contributed by atoms with E-state index in [1.165, 1.54) is 0 Å². The van der Waals surface area contributed by atoms with Gasteiger partial charge in [0.2, 0.25) is 0 Å². The number of benzene rings is 3. The molecule has 0 spiro atoms. The topological polar surface area (TPSA) is 51.5 Å². The van der Waals surface area contributed by atoms with Crippen LogP contribution in [0.3, 0.4) is 0 Å². The second-order valence-corrected chi connectivity index (χ2v) is 6.16. The van der Waals surface area contributed by atoms with E-state index in [0.717, 1.165) is 39.5 Å². The highest BCUT2D eigenvalue weighted by Crippen LogP contribution is 2.28. The molecule has 0 saturated heterocycles. The summed E-state index contributed by atoms with van der Waals surface area (Å²) in [5.41, 5.74) is 1.87. The normalized spacial score (nSPS) is 11.0. The molecule has 130 valence electrons. The van der Waals surface area contributed by atoms with Crippen LogP contribution in [-0.4, -0.2) is 19.6 Å². The summed E-state index contributed by atoms with van der Waals surface area (Å²) in [6.45, 7) is 0.545. The number of carbonyl (C=O) groups is 1. The minimum Gasteiger partial charge on any atom is -0.497 e. The Labute approximate surface area is 151 Å². The van der Waals surface area contributed by atoms with E-state index in [0.29, 0.717) is 12.3 Å². The monoisotopic (exact) mass is 345 g/mol. The molecule has 0 aliphatic rings. The highest BCUT2D eigenvalue weighted by molar-refractivity contribution is 6.08. The Kier molecular flexibility index (Phi) is 4.32. The third-order valence-electron chi connectivity index (χ3n) is 4.51. The summed E-state index contributed by atoms with van der Waals surface area (Å²) in [5, 5.41) is 6.10. The van der Waals surface area contributed by atoms with Gasteiger partial charge in [0.15, 0.2) is 5.76 Å². The maximum absolute atomic E-state index is 12.4. The molecule has 0 aliphatic heterocycles. The second-order valence-electron chi connectivity index (χ2n) is 6.16. The molecule has 4 heteroatoms. The standard InChI is InChI=1S/C22H19NO3/c1-25-17-9-6-15(7-10-17)12-13-23-22(24)21-14-19-18-5-3-2-4-16(18)8-11-20(19)26-21/h2-11,14H,12-13H2,1H3,(H,23,24). The van der Waals surface area contributed by atoms with E-state index >= 15 is 0 Å². The molecule has 26 heavy (non-hydrogen) atoms. The lowest BCUT2D eigenvalue weighted by atomic mass is 10.1. The molecule has 4 aromatic rings. The summed E-state index contributed by atoms with van der Waals surface area (Å²) in [4.78, 5) is 12.4. The number of furan rings is 1. The van der Waals surface area contributed by atoms with E-state index in [9.17, 15) is 4.79 Å². The van der Waals surface area contributed by atoms with Crippen molar-refractivity contribution in [3.63, 3.8) is 0 Å². The third kappa shape index (κ3) is 3.14. The lowest BCUT2D eigenvalue weighted by molar-refractivity contribution is 0.0928. The predicted molar refractivity (Wildman–Crippen MR) is 103 cm³/mol. The third-order valence-corrected chi connectivity index (χ3v) is 4.51. The van der Waals surface area contributed by atoms with Gasteiger partial charge in [0, 0.05) is 11.9 Å². The molecule has 4 rings (SSSR count). The maximum atomic E-state index is 12.4. The first-order valence-corrected chi connectivity index (χ1v) is 8.57. The number of fused-ring (bicyclic) bond motifs is 3. The van der Waals surface area contributed by atoms with Crippen molar-refractivity contribution >= 4 is 27.6 Å². The van der Waals surface area contributed by atoms with Crippen LogP contribution in [0.4, 0.5) is 0 Å². The van der Waals surface area contributed by atoms with Gasteiger partial charge in [0.1, 0.15) is 11.3 Å². The Morgan fingerprint density at radius 1 is 1.00 bits per heavy atom. The van der Waals surface area contributed by atoms with Crippen LogP contribution in [0.1, 0.15) is 16.1 Å². The van der Waals surface area contributed by atoms with Crippen LogP contribution in [0.25, 0.3) is 21.7 Å². The molecular weight excluding hydrogens is 326 g/mol. The smallest absolute Gasteiger partial charge is 0.287 e. The molecule has 3 aromatic carbocycles. The summed E-state index contributed by atoms with van der Waals surface area (Å²) < 4.78 is 10.9.